The van der Waals surface area contributed by atoms with Crippen LogP contribution in [0.4, 0.5) is 5.69 Å². The highest BCUT2D eigenvalue weighted by Crippen LogP contribution is 2.23. The SMILES string of the molecule is N#Cc1cccc(NC2CCc3ccccc3C2)c1. The molecular weight excluding hydrogens is 232 g/mol. The van der Waals surface area contributed by atoms with Gasteiger partial charge in [0.1, 0.15) is 0 Å². The quantitative estimate of drug-likeness (QED) is 0.882. The van der Waals surface area contributed by atoms with Crippen LogP contribution in [0.15, 0.2) is 48.5 Å². The summed E-state index contributed by atoms with van der Waals surface area (Å²) < 4.78 is 0. The zero-order valence-electron chi connectivity index (χ0n) is 10.8. The summed E-state index contributed by atoms with van der Waals surface area (Å²) in [5.74, 6) is 0. The summed E-state index contributed by atoms with van der Waals surface area (Å²) in [7, 11) is 0. The molecule has 0 bridgehead atoms. The summed E-state index contributed by atoms with van der Waals surface area (Å²) in [6.45, 7) is 0. The van der Waals surface area contributed by atoms with Crippen molar-refractivity contribution >= 4 is 5.69 Å². The lowest BCUT2D eigenvalue weighted by molar-refractivity contribution is 0.611. The molecule has 0 fully saturated rings. The molecule has 1 unspecified atom stereocenters. The molecule has 0 aliphatic heterocycles. The maximum Gasteiger partial charge on any atom is 0.0992 e. The van der Waals surface area contributed by atoms with Crippen molar-refractivity contribution in [1.82, 2.24) is 0 Å². The largest absolute Gasteiger partial charge is 0.382 e. The van der Waals surface area contributed by atoms with Gasteiger partial charge in [-0.3, -0.25) is 0 Å². The van der Waals surface area contributed by atoms with Gasteiger partial charge < -0.3 is 5.32 Å². The number of hydrogen-bond acceptors (Lipinski definition) is 2. The molecule has 0 spiro atoms. The van der Waals surface area contributed by atoms with E-state index in [1.807, 2.05) is 24.3 Å². The smallest absolute Gasteiger partial charge is 0.0992 e. The third-order valence-corrected chi connectivity index (χ3v) is 3.71. The van der Waals surface area contributed by atoms with Crippen LogP contribution >= 0.6 is 0 Å². The first-order valence-corrected chi connectivity index (χ1v) is 6.68. The highest BCUT2D eigenvalue weighted by atomic mass is 14.9. The van der Waals surface area contributed by atoms with Gasteiger partial charge in [0, 0.05) is 11.7 Å². The van der Waals surface area contributed by atoms with Gasteiger partial charge >= 0.3 is 0 Å². The van der Waals surface area contributed by atoms with Crippen LogP contribution in [-0.4, -0.2) is 6.04 Å². The van der Waals surface area contributed by atoms with Gasteiger partial charge in [-0.15, -0.1) is 0 Å². The minimum absolute atomic E-state index is 0.462. The van der Waals surface area contributed by atoms with Gasteiger partial charge in [0.2, 0.25) is 0 Å². The summed E-state index contributed by atoms with van der Waals surface area (Å²) in [5.41, 5.74) is 4.68. The van der Waals surface area contributed by atoms with E-state index in [2.05, 4.69) is 35.7 Å². The molecule has 2 heteroatoms. The van der Waals surface area contributed by atoms with E-state index in [-0.39, 0.29) is 0 Å². The third-order valence-electron chi connectivity index (χ3n) is 3.71. The average molecular weight is 248 g/mol. The standard InChI is InChI=1S/C17H16N2/c18-12-13-4-3-7-16(10-13)19-17-9-8-14-5-1-2-6-15(14)11-17/h1-7,10,17,19H,8-9,11H2. The first-order valence-electron chi connectivity index (χ1n) is 6.68. The minimum atomic E-state index is 0.462. The van der Waals surface area contributed by atoms with Gasteiger partial charge in [-0.2, -0.15) is 5.26 Å². The molecule has 2 aromatic carbocycles. The van der Waals surface area contributed by atoms with E-state index in [0.29, 0.717) is 11.6 Å². The molecule has 0 heterocycles. The van der Waals surface area contributed by atoms with Gasteiger partial charge in [-0.05, 0) is 48.6 Å². The number of benzene rings is 2. The van der Waals surface area contributed by atoms with E-state index < -0.39 is 0 Å². The molecule has 0 saturated carbocycles. The number of fused-ring (bicyclic) bond motifs is 1. The van der Waals surface area contributed by atoms with Crippen LogP contribution < -0.4 is 5.32 Å². The van der Waals surface area contributed by atoms with E-state index in [4.69, 9.17) is 5.26 Å². The van der Waals surface area contributed by atoms with Crippen molar-refractivity contribution < 1.29 is 0 Å². The molecule has 2 nitrogen and oxygen atoms in total. The number of nitrogens with one attached hydrogen (secondary N) is 1. The normalized spacial score (nSPS) is 17.3. The number of nitriles is 1. The summed E-state index contributed by atoms with van der Waals surface area (Å²) in [6.07, 6.45) is 3.34. The third kappa shape index (κ3) is 2.61. The van der Waals surface area contributed by atoms with Crippen LogP contribution in [0.5, 0.6) is 0 Å². The van der Waals surface area contributed by atoms with E-state index >= 15 is 0 Å². The predicted octanol–water partition coefficient (Wildman–Crippen LogP) is 3.53. The monoisotopic (exact) mass is 248 g/mol. The van der Waals surface area contributed by atoms with E-state index in [9.17, 15) is 0 Å². The Labute approximate surface area is 113 Å². The topological polar surface area (TPSA) is 35.8 Å². The lowest BCUT2D eigenvalue weighted by Gasteiger charge is -2.26. The summed E-state index contributed by atoms with van der Waals surface area (Å²) >= 11 is 0. The van der Waals surface area contributed by atoms with Crippen molar-refractivity contribution in [3.05, 3.63) is 65.2 Å². The Morgan fingerprint density at radius 1 is 1.05 bits per heavy atom. The Kier molecular flexibility index (Phi) is 3.20. The Bertz CT molecular complexity index is 625. The molecule has 94 valence electrons. The van der Waals surface area contributed by atoms with Gasteiger partial charge in [-0.1, -0.05) is 30.3 Å². The summed E-state index contributed by atoms with van der Waals surface area (Å²) in [5, 5.41) is 12.5. The molecule has 1 N–H and O–H groups in total. The molecule has 3 rings (SSSR count). The van der Waals surface area contributed by atoms with Crippen LogP contribution in [0.1, 0.15) is 23.1 Å². The molecule has 1 aliphatic carbocycles. The van der Waals surface area contributed by atoms with Crippen molar-refractivity contribution in [2.75, 3.05) is 5.32 Å². The number of nitrogens with zero attached hydrogens (tertiary/aromatic N) is 1. The fraction of sp³-hybridized carbons (Fsp3) is 0.235. The molecule has 2 aromatic rings. The second-order valence-corrected chi connectivity index (χ2v) is 5.05. The minimum Gasteiger partial charge on any atom is -0.382 e. The Morgan fingerprint density at radius 2 is 1.89 bits per heavy atom. The first-order chi connectivity index (χ1) is 9.35. The van der Waals surface area contributed by atoms with Gasteiger partial charge in [0.15, 0.2) is 0 Å². The van der Waals surface area contributed by atoms with Crippen LogP contribution in [-0.2, 0) is 12.8 Å². The maximum atomic E-state index is 8.92. The van der Waals surface area contributed by atoms with Crippen LogP contribution in [0.2, 0.25) is 0 Å². The van der Waals surface area contributed by atoms with E-state index in [0.717, 1.165) is 24.9 Å². The highest BCUT2D eigenvalue weighted by Gasteiger charge is 2.17. The van der Waals surface area contributed by atoms with Crippen molar-refractivity contribution in [2.45, 2.75) is 25.3 Å². The predicted molar refractivity (Wildman–Crippen MR) is 77.0 cm³/mol. The molecule has 0 saturated heterocycles. The molecule has 1 aliphatic rings. The Balaban J connectivity index is 1.74. The summed E-state index contributed by atoms with van der Waals surface area (Å²) in [4.78, 5) is 0. The molecule has 0 radical (unpaired) electrons. The van der Waals surface area contributed by atoms with Crippen LogP contribution in [0, 0.1) is 11.3 Å². The Morgan fingerprint density at radius 3 is 2.74 bits per heavy atom. The lowest BCUT2D eigenvalue weighted by atomic mass is 9.88. The molecule has 0 amide bonds. The molecule has 0 aromatic heterocycles. The number of rotatable bonds is 2. The van der Waals surface area contributed by atoms with E-state index in [1.54, 1.807) is 0 Å². The number of hydrogen-bond donors (Lipinski definition) is 1. The maximum absolute atomic E-state index is 8.92. The van der Waals surface area contributed by atoms with Crippen molar-refractivity contribution in [1.29, 1.82) is 5.26 Å². The average Bonchev–Trinajstić information content (AvgIpc) is 2.47. The second-order valence-electron chi connectivity index (χ2n) is 5.05. The van der Waals surface area contributed by atoms with Crippen LogP contribution in [0.3, 0.4) is 0 Å². The van der Waals surface area contributed by atoms with Gasteiger partial charge in [0.05, 0.1) is 11.6 Å². The van der Waals surface area contributed by atoms with Crippen molar-refractivity contribution in [2.24, 2.45) is 0 Å². The van der Waals surface area contributed by atoms with E-state index in [1.165, 1.54) is 11.1 Å². The van der Waals surface area contributed by atoms with Crippen molar-refractivity contribution in [3.63, 3.8) is 0 Å². The fourth-order valence-corrected chi connectivity index (χ4v) is 2.74. The number of anilines is 1. The first kappa shape index (κ1) is 11.8. The molecule has 19 heavy (non-hydrogen) atoms. The zero-order valence-corrected chi connectivity index (χ0v) is 10.8. The zero-order chi connectivity index (χ0) is 13.1. The lowest BCUT2D eigenvalue weighted by Crippen LogP contribution is -2.27. The second kappa shape index (κ2) is 5.16. The highest BCUT2D eigenvalue weighted by molar-refractivity contribution is 5.50. The number of aryl methyl sites for hydroxylation is 1. The molecular formula is C17H16N2. The summed E-state index contributed by atoms with van der Waals surface area (Å²) in [6, 6.07) is 19.0. The Hall–Kier alpha value is -2.27. The van der Waals surface area contributed by atoms with Crippen LogP contribution in [0.25, 0.3) is 0 Å². The fourth-order valence-electron chi connectivity index (χ4n) is 2.74. The van der Waals surface area contributed by atoms with Gasteiger partial charge in [0.25, 0.3) is 0 Å². The molecule has 1 atom stereocenters. The van der Waals surface area contributed by atoms with Gasteiger partial charge in [-0.25, -0.2) is 0 Å². The van der Waals surface area contributed by atoms with Crippen molar-refractivity contribution in [3.8, 4) is 6.07 Å².